The van der Waals surface area contributed by atoms with E-state index in [0.29, 0.717) is 0 Å². The van der Waals surface area contributed by atoms with Crippen molar-refractivity contribution in [2.75, 3.05) is 26.2 Å². The van der Waals surface area contributed by atoms with Crippen molar-refractivity contribution in [2.24, 2.45) is 17.1 Å². The Kier molecular flexibility index (Phi) is 4.02. The second-order valence-corrected chi connectivity index (χ2v) is 6.41. The van der Waals surface area contributed by atoms with E-state index >= 15 is 0 Å². The molecule has 0 spiro atoms. The molecular formula is C14H26N4O. The monoisotopic (exact) mass is 266 g/mol. The third-order valence-corrected chi connectivity index (χ3v) is 4.84. The van der Waals surface area contributed by atoms with Gasteiger partial charge in [-0.1, -0.05) is 13.8 Å². The zero-order chi connectivity index (χ0) is 14.0. The summed E-state index contributed by atoms with van der Waals surface area (Å²) in [4.78, 5) is 16.3. The highest BCUT2D eigenvalue weighted by molar-refractivity contribution is 5.83. The third-order valence-electron chi connectivity index (χ3n) is 4.84. The number of amides is 2. The van der Waals surface area contributed by atoms with Crippen molar-refractivity contribution in [3.05, 3.63) is 0 Å². The summed E-state index contributed by atoms with van der Waals surface area (Å²) in [7, 11) is 0. The fourth-order valence-corrected chi connectivity index (χ4v) is 2.86. The standard InChI is InChI=1S/C14H26N4O/c1-11-3-7-17(8-4-11)13(19)18-9-5-14(2,6-10-18)12(15)16/h11H,3-10H2,1-2H3,(H3,15,16). The van der Waals surface area contributed by atoms with Crippen LogP contribution in [0.2, 0.25) is 0 Å². The number of urea groups is 1. The molecule has 0 aromatic carbocycles. The Balaban J connectivity index is 1.87. The van der Waals surface area contributed by atoms with Gasteiger partial charge in [-0.15, -0.1) is 0 Å². The number of likely N-dealkylation sites (tertiary alicyclic amines) is 2. The molecule has 2 rings (SSSR count). The number of carbonyl (C=O) groups excluding carboxylic acids is 1. The van der Waals surface area contributed by atoms with Crippen molar-refractivity contribution >= 4 is 11.9 Å². The van der Waals surface area contributed by atoms with Crippen LogP contribution in [0.25, 0.3) is 0 Å². The number of nitrogens with one attached hydrogen (secondary N) is 1. The lowest BCUT2D eigenvalue weighted by Crippen LogP contribution is -2.52. The highest BCUT2D eigenvalue weighted by Gasteiger charge is 2.35. The Labute approximate surface area is 115 Å². The zero-order valence-electron chi connectivity index (χ0n) is 12.1. The predicted octanol–water partition coefficient (Wildman–Crippen LogP) is 1.88. The minimum absolute atomic E-state index is 0.178. The highest BCUT2D eigenvalue weighted by atomic mass is 16.2. The molecule has 2 aliphatic heterocycles. The van der Waals surface area contributed by atoms with Crippen LogP contribution in [0.3, 0.4) is 0 Å². The van der Waals surface area contributed by atoms with Crippen LogP contribution in [0.1, 0.15) is 39.5 Å². The summed E-state index contributed by atoms with van der Waals surface area (Å²) in [5.74, 6) is 0.998. The number of amidine groups is 1. The van der Waals surface area contributed by atoms with Crippen LogP contribution in [0.5, 0.6) is 0 Å². The van der Waals surface area contributed by atoms with Gasteiger partial charge in [0.25, 0.3) is 0 Å². The third kappa shape index (κ3) is 3.01. The van der Waals surface area contributed by atoms with E-state index in [1.54, 1.807) is 0 Å². The number of carbonyl (C=O) groups is 1. The van der Waals surface area contributed by atoms with Crippen LogP contribution >= 0.6 is 0 Å². The smallest absolute Gasteiger partial charge is 0.319 e. The lowest BCUT2D eigenvalue weighted by molar-refractivity contribution is 0.112. The van der Waals surface area contributed by atoms with Gasteiger partial charge in [0.05, 0.1) is 5.84 Å². The van der Waals surface area contributed by atoms with E-state index in [1.807, 2.05) is 16.7 Å². The molecule has 5 nitrogen and oxygen atoms in total. The fraction of sp³-hybridized carbons (Fsp3) is 0.857. The van der Waals surface area contributed by atoms with E-state index in [1.165, 1.54) is 0 Å². The Morgan fingerprint density at radius 1 is 1.16 bits per heavy atom. The van der Waals surface area contributed by atoms with Gasteiger partial charge in [-0.3, -0.25) is 5.41 Å². The van der Waals surface area contributed by atoms with Crippen LogP contribution in [-0.4, -0.2) is 47.8 Å². The first-order valence-corrected chi connectivity index (χ1v) is 7.31. The molecule has 2 amide bonds. The summed E-state index contributed by atoms with van der Waals surface area (Å²) in [6.45, 7) is 7.50. The molecule has 0 atom stereocenters. The summed E-state index contributed by atoms with van der Waals surface area (Å²) in [5.41, 5.74) is 5.44. The number of piperidine rings is 2. The van der Waals surface area contributed by atoms with E-state index in [9.17, 15) is 4.79 Å². The molecule has 0 bridgehead atoms. The molecule has 0 aromatic heterocycles. The van der Waals surface area contributed by atoms with Crippen LogP contribution in [-0.2, 0) is 0 Å². The minimum Gasteiger partial charge on any atom is -0.387 e. The van der Waals surface area contributed by atoms with Crippen LogP contribution in [0.4, 0.5) is 4.79 Å². The molecule has 3 N–H and O–H groups in total. The number of rotatable bonds is 1. The van der Waals surface area contributed by atoms with E-state index in [-0.39, 0.29) is 17.3 Å². The zero-order valence-corrected chi connectivity index (χ0v) is 12.1. The molecule has 0 saturated carbocycles. The number of nitrogens with zero attached hydrogens (tertiary/aromatic N) is 2. The molecule has 0 aliphatic carbocycles. The van der Waals surface area contributed by atoms with E-state index in [2.05, 4.69) is 6.92 Å². The molecule has 0 aromatic rings. The fourth-order valence-electron chi connectivity index (χ4n) is 2.86. The maximum atomic E-state index is 12.4. The summed E-state index contributed by atoms with van der Waals surface area (Å²) in [6.07, 6.45) is 3.84. The number of nitrogens with two attached hydrogens (primary N) is 1. The summed E-state index contributed by atoms with van der Waals surface area (Å²) >= 11 is 0. The largest absolute Gasteiger partial charge is 0.387 e. The molecule has 2 fully saturated rings. The quantitative estimate of drug-likeness (QED) is 0.562. The van der Waals surface area contributed by atoms with Crippen molar-refractivity contribution < 1.29 is 4.79 Å². The first-order chi connectivity index (χ1) is 8.92. The second-order valence-electron chi connectivity index (χ2n) is 6.41. The van der Waals surface area contributed by atoms with Crippen molar-refractivity contribution in [1.29, 1.82) is 5.41 Å². The molecule has 2 heterocycles. The summed E-state index contributed by atoms with van der Waals surface area (Å²) < 4.78 is 0. The van der Waals surface area contributed by atoms with Crippen molar-refractivity contribution in [1.82, 2.24) is 9.80 Å². The minimum atomic E-state index is -0.215. The molecule has 5 heteroatoms. The maximum Gasteiger partial charge on any atom is 0.319 e. The van der Waals surface area contributed by atoms with E-state index in [4.69, 9.17) is 11.1 Å². The molecule has 2 saturated heterocycles. The lowest BCUT2D eigenvalue weighted by Gasteiger charge is -2.41. The van der Waals surface area contributed by atoms with Crippen LogP contribution < -0.4 is 5.73 Å². The van der Waals surface area contributed by atoms with Crippen molar-refractivity contribution in [2.45, 2.75) is 39.5 Å². The molecule has 108 valence electrons. The van der Waals surface area contributed by atoms with Gasteiger partial charge in [0.2, 0.25) is 0 Å². The average Bonchev–Trinajstić information content (AvgIpc) is 2.39. The molecule has 2 aliphatic rings. The Bertz CT molecular complexity index is 352. The van der Waals surface area contributed by atoms with Gasteiger partial charge in [-0.2, -0.15) is 0 Å². The van der Waals surface area contributed by atoms with Gasteiger partial charge in [0.15, 0.2) is 0 Å². The molecular weight excluding hydrogens is 240 g/mol. The van der Waals surface area contributed by atoms with Gasteiger partial charge >= 0.3 is 6.03 Å². The SMILES string of the molecule is CC1CCN(C(=O)N2CCC(C)(C(=N)N)CC2)CC1. The van der Waals surface area contributed by atoms with Crippen molar-refractivity contribution in [3.8, 4) is 0 Å². The Morgan fingerprint density at radius 3 is 2.11 bits per heavy atom. The van der Waals surface area contributed by atoms with Gasteiger partial charge < -0.3 is 15.5 Å². The maximum absolute atomic E-state index is 12.4. The van der Waals surface area contributed by atoms with Gasteiger partial charge in [-0.05, 0) is 31.6 Å². The van der Waals surface area contributed by atoms with E-state index < -0.39 is 0 Å². The Hall–Kier alpha value is -1.26. The second kappa shape index (κ2) is 5.39. The normalized spacial score (nSPS) is 24.3. The Morgan fingerprint density at radius 2 is 1.63 bits per heavy atom. The highest BCUT2D eigenvalue weighted by Crippen LogP contribution is 2.31. The predicted molar refractivity (Wildman–Crippen MR) is 76.2 cm³/mol. The van der Waals surface area contributed by atoms with Gasteiger partial charge in [0, 0.05) is 31.6 Å². The van der Waals surface area contributed by atoms with E-state index in [0.717, 1.165) is 57.8 Å². The molecule has 0 radical (unpaired) electrons. The number of hydrogen-bond acceptors (Lipinski definition) is 2. The number of hydrogen-bond donors (Lipinski definition) is 2. The van der Waals surface area contributed by atoms with Gasteiger partial charge in [-0.25, -0.2) is 4.79 Å². The van der Waals surface area contributed by atoms with Crippen LogP contribution in [0, 0.1) is 16.7 Å². The lowest BCUT2D eigenvalue weighted by atomic mass is 9.79. The topological polar surface area (TPSA) is 73.4 Å². The molecule has 0 unspecified atom stereocenters. The summed E-state index contributed by atoms with van der Waals surface area (Å²) in [6, 6.07) is 0.178. The summed E-state index contributed by atoms with van der Waals surface area (Å²) in [5, 5.41) is 7.64. The van der Waals surface area contributed by atoms with Crippen molar-refractivity contribution in [3.63, 3.8) is 0 Å². The average molecular weight is 266 g/mol. The van der Waals surface area contributed by atoms with Gasteiger partial charge in [0.1, 0.15) is 0 Å². The molecule has 19 heavy (non-hydrogen) atoms. The first kappa shape index (κ1) is 14.2. The van der Waals surface area contributed by atoms with Crippen LogP contribution in [0.15, 0.2) is 0 Å². The first-order valence-electron chi connectivity index (χ1n) is 7.31.